The van der Waals surface area contributed by atoms with Crippen LogP contribution in [0.1, 0.15) is 48.2 Å². The first-order chi connectivity index (χ1) is 15.7. The molecule has 1 heterocycles. The van der Waals surface area contributed by atoms with Crippen molar-refractivity contribution >= 4 is 29.2 Å². The first kappa shape index (κ1) is 21.9. The van der Waals surface area contributed by atoms with Crippen molar-refractivity contribution in [3.05, 3.63) is 88.2 Å². The van der Waals surface area contributed by atoms with E-state index in [4.69, 9.17) is 11.6 Å². The Morgan fingerprint density at radius 1 is 1.27 bits per heavy atom. The number of amides is 1. The van der Waals surface area contributed by atoms with Crippen LogP contribution in [0.5, 0.6) is 0 Å². The number of aromatic carboxylic acids is 1. The molecule has 0 radical (unpaired) electrons. The lowest BCUT2D eigenvalue weighted by Gasteiger charge is -2.33. The van der Waals surface area contributed by atoms with Crippen molar-refractivity contribution in [2.75, 3.05) is 4.90 Å². The van der Waals surface area contributed by atoms with Crippen LogP contribution in [0.3, 0.4) is 0 Å². The molecule has 1 unspecified atom stereocenters. The van der Waals surface area contributed by atoms with Crippen LogP contribution in [0.4, 0.5) is 10.1 Å². The minimum atomic E-state index is -1.01. The molecule has 0 aromatic heterocycles. The van der Waals surface area contributed by atoms with E-state index in [1.165, 1.54) is 18.2 Å². The summed E-state index contributed by atoms with van der Waals surface area (Å²) >= 11 is 6.17. The Bertz CT molecular complexity index is 1240. The minimum Gasteiger partial charge on any atom is -0.478 e. The second kappa shape index (κ2) is 7.56. The van der Waals surface area contributed by atoms with E-state index in [0.29, 0.717) is 17.1 Å². The van der Waals surface area contributed by atoms with Crippen LogP contribution in [-0.2, 0) is 16.8 Å². The Labute approximate surface area is 197 Å². The van der Waals surface area contributed by atoms with Gasteiger partial charge in [0.25, 0.3) is 0 Å². The minimum absolute atomic E-state index is 0.0356. The highest BCUT2D eigenvalue weighted by Crippen LogP contribution is 2.76. The van der Waals surface area contributed by atoms with Gasteiger partial charge in [0.1, 0.15) is 5.82 Å². The average Bonchev–Trinajstić information content (AvgIpc) is 3.45. The van der Waals surface area contributed by atoms with E-state index >= 15 is 0 Å². The van der Waals surface area contributed by atoms with Gasteiger partial charge in [0.15, 0.2) is 0 Å². The Hall–Kier alpha value is -2.92. The summed E-state index contributed by atoms with van der Waals surface area (Å²) in [5.41, 5.74) is 1.21. The zero-order chi connectivity index (χ0) is 23.5. The highest BCUT2D eigenvalue weighted by Gasteiger charge is 2.78. The Kier molecular flexibility index (Phi) is 5.02. The lowest BCUT2D eigenvalue weighted by molar-refractivity contribution is -0.121. The van der Waals surface area contributed by atoms with Gasteiger partial charge in [-0.25, -0.2) is 9.18 Å². The topological polar surface area (TPSA) is 57.6 Å². The second-order valence-electron chi connectivity index (χ2n) is 9.63. The van der Waals surface area contributed by atoms with E-state index in [-0.39, 0.29) is 41.1 Å². The molecular weight excluding hydrogens is 441 g/mol. The molecule has 3 atom stereocenters. The summed E-state index contributed by atoms with van der Waals surface area (Å²) in [7, 11) is 0. The standard InChI is InChI=1S/C27H25ClFNO3/c1-16(2)26(19-6-8-20(28)9-7-19)15-27(26)22-13-21(29)10-11-23(22)30(25(27)33)14-17-4-3-5-18(12-17)24(31)32/h3-6,8-13,16,19H,7,14-15H2,1-2H3,(H,31,32)/t19?,26-,27-/m1/s1. The molecule has 5 rings (SSSR count). The van der Waals surface area contributed by atoms with E-state index in [1.807, 2.05) is 18.2 Å². The largest absolute Gasteiger partial charge is 0.478 e. The van der Waals surface area contributed by atoms with Crippen molar-refractivity contribution in [2.45, 2.75) is 38.6 Å². The van der Waals surface area contributed by atoms with Crippen LogP contribution in [-0.4, -0.2) is 17.0 Å². The van der Waals surface area contributed by atoms with Crippen LogP contribution < -0.4 is 4.90 Å². The van der Waals surface area contributed by atoms with E-state index < -0.39 is 11.4 Å². The molecular formula is C27H25ClFNO3. The number of carboxylic acids is 1. The van der Waals surface area contributed by atoms with E-state index in [1.54, 1.807) is 23.1 Å². The number of benzene rings is 2. The SMILES string of the molecule is CC(C)[C@@]1(C2C=CC(Cl)=CC2)C[C@@]12C(=O)N(Cc1cccc(C(=O)O)c1)c1ccc(F)cc12. The fourth-order valence-electron chi connectivity index (χ4n) is 6.25. The molecule has 3 aliphatic rings. The number of hydrogen-bond acceptors (Lipinski definition) is 2. The number of halogens is 2. The fraction of sp³-hybridized carbons (Fsp3) is 0.333. The van der Waals surface area contributed by atoms with E-state index in [2.05, 4.69) is 19.9 Å². The number of allylic oxidation sites excluding steroid dienone is 4. The summed E-state index contributed by atoms with van der Waals surface area (Å²) in [6.45, 7) is 4.50. The number of nitrogens with zero attached hydrogens (tertiary/aromatic N) is 1. The molecule has 0 bridgehead atoms. The summed E-state index contributed by atoms with van der Waals surface area (Å²) in [5.74, 6) is -1.10. The molecule has 33 heavy (non-hydrogen) atoms. The number of anilines is 1. The maximum atomic E-state index is 14.5. The number of fused-ring (bicyclic) bond motifs is 2. The predicted molar refractivity (Wildman–Crippen MR) is 126 cm³/mol. The third kappa shape index (κ3) is 3.09. The molecule has 170 valence electrons. The van der Waals surface area contributed by atoms with Crippen molar-refractivity contribution in [2.24, 2.45) is 17.3 Å². The molecule has 1 spiro atoms. The molecule has 0 saturated heterocycles. The second-order valence-corrected chi connectivity index (χ2v) is 10.1. The molecule has 1 aliphatic heterocycles. The monoisotopic (exact) mass is 465 g/mol. The smallest absolute Gasteiger partial charge is 0.335 e. The predicted octanol–water partition coefficient (Wildman–Crippen LogP) is 6.05. The highest BCUT2D eigenvalue weighted by molar-refractivity contribution is 6.31. The van der Waals surface area contributed by atoms with Gasteiger partial charge in [-0.05, 0) is 77.6 Å². The quantitative estimate of drug-likeness (QED) is 0.584. The van der Waals surface area contributed by atoms with Crippen LogP contribution >= 0.6 is 11.6 Å². The van der Waals surface area contributed by atoms with Crippen molar-refractivity contribution in [3.8, 4) is 0 Å². The zero-order valence-corrected chi connectivity index (χ0v) is 19.3. The van der Waals surface area contributed by atoms with Crippen LogP contribution in [0.25, 0.3) is 0 Å². The summed E-state index contributed by atoms with van der Waals surface area (Å²) in [5, 5.41) is 10.1. The maximum absolute atomic E-state index is 14.5. The molecule has 4 nitrogen and oxygen atoms in total. The highest BCUT2D eigenvalue weighted by atomic mass is 35.5. The number of rotatable bonds is 5. The summed E-state index contributed by atoms with van der Waals surface area (Å²) in [6.07, 6.45) is 7.38. The molecule has 1 N–H and O–H groups in total. The molecule has 2 aromatic rings. The lowest BCUT2D eigenvalue weighted by Crippen LogP contribution is -2.39. The molecule has 1 saturated carbocycles. The number of carbonyl (C=O) groups excluding carboxylic acids is 1. The van der Waals surface area contributed by atoms with Gasteiger partial charge in [-0.1, -0.05) is 49.7 Å². The zero-order valence-electron chi connectivity index (χ0n) is 18.5. The van der Waals surface area contributed by atoms with E-state index in [0.717, 1.165) is 17.5 Å². The summed E-state index contributed by atoms with van der Waals surface area (Å²) < 4.78 is 14.5. The van der Waals surface area contributed by atoms with Gasteiger partial charge in [-0.3, -0.25) is 4.79 Å². The van der Waals surface area contributed by atoms with Crippen molar-refractivity contribution in [3.63, 3.8) is 0 Å². The van der Waals surface area contributed by atoms with Crippen molar-refractivity contribution in [1.82, 2.24) is 0 Å². The Morgan fingerprint density at radius 3 is 2.73 bits per heavy atom. The lowest BCUT2D eigenvalue weighted by atomic mass is 9.69. The molecule has 1 fully saturated rings. The summed E-state index contributed by atoms with van der Waals surface area (Å²) in [4.78, 5) is 27.3. The number of hydrogen-bond donors (Lipinski definition) is 1. The van der Waals surface area contributed by atoms with Crippen molar-refractivity contribution < 1.29 is 19.1 Å². The van der Waals surface area contributed by atoms with Gasteiger partial charge in [-0.15, -0.1) is 0 Å². The van der Waals surface area contributed by atoms with Gasteiger partial charge < -0.3 is 10.0 Å². The Balaban J connectivity index is 1.59. The van der Waals surface area contributed by atoms with Gasteiger partial charge in [0.2, 0.25) is 5.91 Å². The first-order valence-corrected chi connectivity index (χ1v) is 11.6. The van der Waals surface area contributed by atoms with Gasteiger partial charge >= 0.3 is 5.97 Å². The van der Waals surface area contributed by atoms with Gasteiger partial charge in [-0.2, -0.15) is 0 Å². The third-order valence-corrected chi connectivity index (χ3v) is 8.09. The fourth-order valence-corrected chi connectivity index (χ4v) is 6.41. The third-order valence-electron chi connectivity index (χ3n) is 7.81. The Morgan fingerprint density at radius 2 is 2.06 bits per heavy atom. The van der Waals surface area contributed by atoms with Crippen molar-refractivity contribution in [1.29, 1.82) is 0 Å². The molecule has 2 aromatic carbocycles. The number of carbonyl (C=O) groups is 2. The summed E-state index contributed by atoms with van der Waals surface area (Å²) in [6, 6.07) is 11.2. The average molecular weight is 466 g/mol. The van der Waals surface area contributed by atoms with Crippen LogP contribution in [0.15, 0.2) is 65.7 Å². The van der Waals surface area contributed by atoms with E-state index in [9.17, 15) is 19.1 Å². The first-order valence-electron chi connectivity index (χ1n) is 11.2. The molecule has 2 aliphatic carbocycles. The normalized spacial score (nSPS) is 27.8. The van der Waals surface area contributed by atoms with Gasteiger partial charge in [0.05, 0.1) is 17.5 Å². The van der Waals surface area contributed by atoms with Crippen LogP contribution in [0, 0.1) is 23.1 Å². The van der Waals surface area contributed by atoms with Crippen LogP contribution in [0.2, 0.25) is 0 Å². The molecule has 6 heteroatoms. The van der Waals surface area contributed by atoms with Gasteiger partial charge in [0, 0.05) is 10.7 Å². The number of carboxylic acid groups (broad SMARTS) is 1. The molecule has 1 amide bonds. The maximum Gasteiger partial charge on any atom is 0.335 e.